The molecule has 2 aromatic rings. The number of carbonyl (C=O) groups is 2. The molecule has 0 saturated carbocycles. The van der Waals surface area contributed by atoms with Crippen LogP contribution in [0.1, 0.15) is 41.3 Å². The lowest BCUT2D eigenvalue weighted by Crippen LogP contribution is -2.40. The Hall–Kier alpha value is -3.56. The fourth-order valence-electron chi connectivity index (χ4n) is 2.49. The topological polar surface area (TPSA) is 106 Å². The number of benzene rings is 2. The van der Waals surface area contributed by atoms with Gasteiger partial charge in [-0.15, -0.1) is 0 Å². The third-order valence-electron chi connectivity index (χ3n) is 4.18. The maximum atomic E-state index is 12.7. The summed E-state index contributed by atoms with van der Waals surface area (Å²) in [7, 11) is 0. The summed E-state index contributed by atoms with van der Waals surface area (Å²) in [4.78, 5) is 28.2. The molecule has 0 saturated heterocycles. The third-order valence-corrected chi connectivity index (χ3v) is 4.18. The van der Waals surface area contributed by atoms with Crippen LogP contribution in [-0.2, 0) is 9.63 Å². The first kappa shape index (κ1) is 23.7. The van der Waals surface area contributed by atoms with Gasteiger partial charge < -0.3 is 15.3 Å². The zero-order chi connectivity index (χ0) is 23.2. The fourth-order valence-corrected chi connectivity index (χ4v) is 2.49. The van der Waals surface area contributed by atoms with Crippen LogP contribution in [0.4, 0.5) is 13.2 Å². The Bertz CT molecular complexity index is 944. The van der Waals surface area contributed by atoms with Crippen molar-refractivity contribution in [2.24, 2.45) is 5.73 Å². The zero-order valence-electron chi connectivity index (χ0n) is 16.9. The van der Waals surface area contributed by atoms with E-state index in [1.807, 2.05) is 13.8 Å². The smallest absolute Gasteiger partial charge is 0.492 e. The molecule has 0 aromatic heterocycles. The van der Waals surface area contributed by atoms with E-state index >= 15 is 0 Å². The second-order valence-electron chi connectivity index (χ2n) is 6.85. The number of alkyl halides is 3. The number of halogens is 3. The number of nitrogen functional groups attached to an aromatic ring is 1. The van der Waals surface area contributed by atoms with Crippen LogP contribution in [0.2, 0.25) is 0 Å². The minimum Gasteiger partial charge on any atom is -0.492 e. The average Bonchev–Trinajstić information content (AvgIpc) is 2.72. The number of carbonyl (C=O) groups excluding carboxylic acids is 2. The van der Waals surface area contributed by atoms with Crippen LogP contribution < -0.4 is 10.5 Å². The van der Waals surface area contributed by atoms with Gasteiger partial charge in [0, 0.05) is 11.1 Å². The average molecular weight is 437 g/mol. The van der Waals surface area contributed by atoms with Crippen molar-refractivity contribution >= 4 is 17.7 Å². The minimum absolute atomic E-state index is 0.0537. The van der Waals surface area contributed by atoms with Crippen molar-refractivity contribution in [3.63, 3.8) is 0 Å². The number of amidine groups is 1. The predicted molar refractivity (Wildman–Crippen MR) is 107 cm³/mol. The monoisotopic (exact) mass is 437 g/mol. The number of hydrogen-bond acceptors (Lipinski definition) is 5. The summed E-state index contributed by atoms with van der Waals surface area (Å²) >= 11 is 0. The van der Waals surface area contributed by atoms with Crippen LogP contribution in [0, 0.1) is 5.41 Å². The molecule has 0 radical (unpaired) electrons. The highest BCUT2D eigenvalue weighted by Crippen LogP contribution is 2.20. The Labute approximate surface area is 177 Å². The number of ether oxygens (including phenoxy) is 1. The standard InChI is InChI=1S/C21H22F3N3O4/c1-13(2)14-6-8-15(9-7-14)19(28)27(31-20(29)21(22,23)24)10-11-30-17-5-3-4-16(12-17)18(25)26/h3-9,12-13H,10-11H2,1-2H3,(H3,25,26). The fraction of sp³-hybridized carbons (Fsp3) is 0.286. The zero-order valence-corrected chi connectivity index (χ0v) is 16.9. The molecule has 0 atom stereocenters. The lowest BCUT2D eigenvalue weighted by Gasteiger charge is -2.22. The normalized spacial score (nSPS) is 11.2. The molecule has 7 nitrogen and oxygen atoms in total. The van der Waals surface area contributed by atoms with Crippen LogP contribution >= 0.6 is 0 Å². The maximum Gasteiger partial charge on any atom is 0.493 e. The SMILES string of the molecule is CC(C)c1ccc(C(=O)N(CCOc2cccc(C(=N)N)c2)OC(=O)C(F)(F)F)cc1. The van der Waals surface area contributed by atoms with Crippen LogP contribution in [0.25, 0.3) is 0 Å². The molecule has 2 rings (SSSR count). The van der Waals surface area contributed by atoms with Gasteiger partial charge >= 0.3 is 12.1 Å². The number of nitrogens with one attached hydrogen (secondary N) is 1. The molecular weight excluding hydrogens is 415 g/mol. The van der Waals surface area contributed by atoms with E-state index in [9.17, 15) is 22.8 Å². The molecule has 1 amide bonds. The summed E-state index contributed by atoms with van der Waals surface area (Å²) in [6.45, 7) is 3.17. The van der Waals surface area contributed by atoms with E-state index < -0.39 is 24.6 Å². The number of nitrogens with two attached hydrogens (primary N) is 1. The summed E-state index contributed by atoms with van der Waals surface area (Å²) in [5, 5.41) is 7.73. The van der Waals surface area contributed by atoms with Gasteiger partial charge in [0.1, 0.15) is 18.2 Å². The van der Waals surface area contributed by atoms with Crippen LogP contribution in [-0.4, -0.2) is 42.1 Å². The molecule has 31 heavy (non-hydrogen) atoms. The van der Waals surface area contributed by atoms with Crippen molar-refractivity contribution in [1.82, 2.24) is 5.06 Å². The van der Waals surface area contributed by atoms with Gasteiger partial charge in [-0.25, -0.2) is 4.79 Å². The van der Waals surface area contributed by atoms with E-state index in [2.05, 4.69) is 4.84 Å². The van der Waals surface area contributed by atoms with Crippen LogP contribution in [0.5, 0.6) is 5.75 Å². The Morgan fingerprint density at radius 3 is 2.29 bits per heavy atom. The van der Waals surface area contributed by atoms with Crippen molar-refractivity contribution in [2.45, 2.75) is 25.9 Å². The molecule has 0 aliphatic carbocycles. The number of hydroxylamine groups is 2. The number of nitrogens with zero attached hydrogens (tertiary/aromatic N) is 1. The molecular formula is C21H22F3N3O4. The molecule has 0 heterocycles. The molecule has 2 aromatic carbocycles. The second-order valence-corrected chi connectivity index (χ2v) is 6.85. The van der Waals surface area contributed by atoms with E-state index in [0.29, 0.717) is 10.6 Å². The van der Waals surface area contributed by atoms with E-state index in [0.717, 1.165) is 5.56 Å². The Morgan fingerprint density at radius 2 is 1.74 bits per heavy atom. The predicted octanol–water partition coefficient (Wildman–Crippen LogP) is 3.64. The van der Waals surface area contributed by atoms with E-state index in [4.69, 9.17) is 15.9 Å². The molecule has 0 aliphatic rings. The van der Waals surface area contributed by atoms with Crippen molar-refractivity contribution in [3.8, 4) is 5.75 Å². The number of hydrogen-bond donors (Lipinski definition) is 2. The Kier molecular flexibility index (Phi) is 7.62. The maximum absolute atomic E-state index is 12.7. The van der Waals surface area contributed by atoms with E-state index in [-0.39, 0.29) is 29.7 Å². The summed E-state index contributed by atoms with van der Waals surface area (Å²) in [6, 6.07) is 12.4. The molecule has 0 bridgehead atoms. The highest BCUT2D eigenvalue weighted by Gasteiger charge is 2.43. The minimum atomic E-state index is -5.27. The highest BCUT2D eigenvalue weighted by molar-refractivity contribution is 5.95. The number of amides is 1. The van der Waals surface area contributed by atoms with Gasteiger partial charge in [0.15, 0.2) is 0 Å². The number of rotatable bonds is 7. The van der Waals surface area contributed by atoms with E-state index in [1.165, 1.54) is 18.2 Å². The van der Waals surface area contributed by atoms with Crippen LogP contribution in [0.15, 0.2) is 48.5 Å². The quantitative estimate of drug-likeness (QED) is 0.391. The lowest BCUT2D eigenvalue weighted by molar-refractivity contribution is -0.229. The van der Waals surface area contributed by atoms with Crippen LogP contribution in [0.3, 0.4) is 0 Å². The molecule has 0 fully saturated rings. The van der Waals surface area contributed by atoms with Gasteiger partial charge in [0.05, 0.1) is 6.54 Å². The first-order valence-electron chi connectivity index (χ1n) is 9.27. The molecule has 166 valence electrons. The van der Waals surface area contributed by atoms with Crippen molar-refractivity contribution < 1.29 is 32.3 Å². The highest BCUT2D eigenvalue weighted by atomic mass is 19.4. The molecule has 0 aliphatic heterocycles. The van der Waals surface area contributed by atoms with Gasteiger partial charge in [-0.2, -0.15) is 18.2 Å². The van der Waals surface area contributed by atoms with Gasteiger partial charge in [-0.05, 0) is 35.7 Å². The van der Waals surface area contributed by atoms with Gasteiger partial charge in [0.25, 0.3) is 5.91 Å². The largest absolute Gasteiger partial charge is 0.493 e. The summed E-state index contributed by atoms with van der Waals surface area (Å²) in [6.07, 6.45) is -5.27. The second kappa shape index (κ2) is 9.96. The molecule has 10 heteroatoms. The Morgan fingerprint density at radius 1 is 1.10 bits per heavy atom. The van der Waals surface area contributed by atoms with Crippen molar-refractivity contribution in [3.05, 3.63) is 65.2 Å². The lowest BCUT2D eigenvalue weighted by atomic mass is 10.0. The van der Waals surface area contributed by atoms with Gasteiger partial charge in [-0.1, -0.05) is 38.1 Å². The summed E-state index contributed by atoms with van der Waals surface area (Å²) < 4.78 is 43.4. The Balaban J connectivity index is 2.14. The van der Waals surface area contributed by atoms with E-state index in [1.54, 1.807) is 30.3 Å². The molecule has 0 spiro atoms. The third kappa shape index (κ3) is 6.73. The van der Waals surface area contributed by atoms with Gasteiger partial charge in [-0.3, -0.25) is 10.2 Å². The first-order chi connectivity index (χ1) is 14.5. The molecule has 3 N–H and O–H groups in total. The first-order valence-corrected chi connectivity index (χ1v) is 9.27. The van der Waals surface area contributed by atoms with Crippen molar-refractivity contribution in [1.29, 1.82) is 5.41 Å². The van der Waals surface area contributed by atoms with Crippen molar-refractivity contribution in [2.75, 3.05) is 13.2 Å². The summed E-state index contributed by atoms with van der Waals surface area (Å²) in [5.41, 5.74) is 6.78. The summed E-state index contributed by atoms with van der Waals surface area (Å²) in [5.74, 6) is -3.15. The van der Waals surface area contributed by atoms with Gasteiger partial charge in [0.2, 0.25) is 0 Å². The molecule has 0 unspecified atom stereocenters.